The van der Waals surface area contributed by atoms with Crippen molar-refractivity contribution in [2.75, 3.05) is 6.54 Å². The number of carbonyl (C=O) groups excluding carboxylic acids is 3. The fraction of sp³-hybridized carbons (Fsp3) is 0.571. The third-order valence-electron chi connectivity index (χ3n) is 5.24. The third-order valence-corrected chi connectivity index (χ3v) is 6.16. The van der Waals surface area contributed by atoms with Gasteiger partial charge in [0.25, 0.3) is 0 Å². The summed E-state index contributed by atoms with van der Waals surface area (Å²) < 4.78 is 52.5. The first kappa shape index (κ1) is 31.3. The van der Waals surface area contributed by atoms with Crippen LogP contribution in [0.4, 0.5) is 9.18 Å². The number of halogens is 1. The zero-order valence-electron chi connectivity index (χ0n) is 19.8. The number of rotatable bonds is 11. The molecule has 1 heterocycles. The number of carbonyl (C=O) groups is 3. The molecule has 2 rings (SSSR count). The normalized spacial score (nSPS) is 18.1. The summed E-state index contributed by atoms with van der Waals surface area (Å²) in [6.07, 6.45) is -0.790. The molecule has 35 heavy (non-hydrogen) atoms. The summed E-state index contributed by atoms with van der Waals surface area (Å²) in [6, 6.07) is 2.64. The number of amides is 3. The van der Waals surface area contributed by atoms with E-state index in [1.165, 1.54) is 18.2 Å². The summed E-state index contributed by atoms with van der Waals surface area (Å²) in [5.41, 5.74) is -2.09. The Kier molecular flexibility index (Phi) is 12.6. The van der Waals surface area contributed by atoms with Crippen molar-refractivity contribution in [1.29, 1.82) is 0 Å². The van der Waals surface area contributed by atoms with Crippen LogP contribution in [0.5, 0.6) is 0 Å². The molecule has 0 radical (unpaired) electrons. The summed E-state index contributed by atoms with van der Waals surface area (Å²) in [4.78, 5) is 37.0. The second kappa shape index (κ2) is 14.1. The Hall–Kier alpha value is -1.77. The van der Waals surface area contributed by atoms with E-state index in [4.69, 9.17) is 4.74 Å². The Bertz CT molecular complexity index is 995. The molecule has 190 valence electrons. The van der Waals surface area contributed by atoms with Gasteiger partial charge in [-0.25, -0.2) is 17.6 Å². The smallest absolute Gasteiger partial charge is 0.746 e. The molecule has 1 fully saturated rings. The van der Waals surface area contributed by atoms with Crippen LogP contribution in [-0.2, 0) is 31.1 Å². The van der Waals surface area contributed by atoms with E-state index >= 15 is 0 Å². The minimum atomic E-state index is -5.20. The topological polar surface area (TPSA) is 174 Å². The summed E-state index contributed by atoms with van der Waals surface area (Å²) in [5.74, 6) is -2.54. The van der Waals surface area contributed by atoms with Gasteiger partial charge in [0, 0.05) is 12.5 Å². The average molecular weight is 526 g/mol. The van der Waals surface area contributed by atoms with E-state index in [1.807, 2.05) is 0 Å². The van der Waals surface area contributed by atoms with Crippen LogP contribution in [0.3, 0.4) is 0 Å². The zero-order chi connectivity index (χ0) is 25.5. The maximum absolute atomic E-state index is 13.3. The van der Waals surface area contributed by atoms with E-state index in [-0.39, 0.29) is 60.8 Å². The van der Waals surface area contributed by atoms with Crippen molar-refractivity contribution in [2.45, 2.75) is 57.2 Å². The molecule has 1 aromatic carbocycles. The number of hydrogen-bond acceptors (Lipinski definition) is 8. The second-order valence-electron chi connectivity index (χ2n) is 8.54. The minimum Gasteiger partial charge on any atom is -0.746 e. The van der Waals surface area contributed by atoms with Crippen molar-refractivity contribution in [1.82, 2.24) is 16.0 Å². The largest absolute Gasteiger partial charge is 1.00 e. The van der Waals surface area contributed by atoms with Gasteiger partial charge in [-0.3, -0.25) is 9.59 Å². The van der Waals surface area contributed by atoms with Gasteiger partial charge in [0.15, 0.2) is 5.44 Å². The Morgan fingerprint density at radius 3 is 2.54 bits per heavy atom. The van der Waals surface area contributed by atoms with Crippen molar-refractivity contribution in [3.8, 4) is 0 Å². The van der Waals surface area contributed by atoms with Gasteiger partial charge in [0.05, 0.1) is 6.04 Å². The van der Waals surface area contributed by atoms with Gasteiger partial charge in [0.1, 0.15) is 28.6 Å². The van der Waals surface area contributed by atoms with Crippen LogP contribution >= 0.6 is 0 Å². The SMILES string of the molecule is CC(C)C[C@H](NC(=O)OCc1cccc(F)c1)C(=O)N[C@@H](CC1CCNC1=O)C(O)S(=O)(=O)[O-].[Na+]. The molecule has 4 atom stereocenters. The van der Waals surface area contributed by atoms with Crippen molar-refractivity contribution in [2.24, 2.45) is 11.8 Å². The number of ether oxygens (including phenoxy) is 1. The second-order valence-corrected chi connectivity index (χ2v) is 10.0. The summed E-state index contributed by atoms with van der Waals surface area (Å²) in [5, 5.41) is 17.2. The summed E-state index contributed by atoms with van der Waals surface area (Å²) in [6.45, 7) is 3.64. The molecule has 1 aliphatic heterocycles. The predicted octanol–water partition coefficient (Wildman–Crippen LogP) is -2.65. The zero-order valence-corrected chi connectivity index (χ0v) is 22.6. The van der Waals surface area contributed by atoms with Crippen molar-refractivity contribution < 1.29 is 71.1 Å². The van der Waals surface area contributed by atoms with Gasteiger partial charge in [-0.2, -0.15) is 0 Å². The summed E-state index contributed by atoms with van der Waals surface area (Å²) in [7, 11) is -5.20. The first-order valence-corrected chi connectivity index (χ1v) is 12.2. The van der Waals surface area contributed by atoms with Gasteiger partial charge in [-0.15, -0.1) is 0 Å². The van der Waals surface area contributed by atoms with Crippen LogP contribution in [0.1, 0.15) is 38.7 Å². The summed E-state index contributed by atoms with van der Waals surface area (Å²) >= 11 is 0. The van der Waals surface area contributed by atoms with E-state index in [2.05, 4.69) is 16.0 Å². The molecule has 0 spiro atoms. The number of hydrogen-bond donors (Lipinski definition) is 4. The van der Waals surface area contributed by atoms with Gasteiger partial charge in [-0.05, 0) is 42.9 Å². The Balaban J connectivity index is 0.00000612. The third kappa shape index (κ3) is 10.4. The van der Waals surface area contributed by atoms with Crippen molar-refractivity contribution in [3.63, 3.8) is 0 Å². The predicted molar refractivity (Wildman–Crippen MR) is 116 cm³/mol. The Morgan fingerprint density at radius 1 is 1.31 bits per heavy atom. The van der Waals surface area contributed by atoms with Crippen LogP contribution in [0.15, 0.2) is 24.3 Å². The van der Waals surface area contributed by atoms with Crippen LogP contribution in [-0.4, -0.2) is 60.0 Å². The molecular formula is C21H29FN3NaO8S. The first-order valence-electron chi connectivity index (χ1n) is 10.8. The number of aliphatic hydroxyl groups is 1. The maximum atomic E-state index is 13.3. The monoisotopic (exact) mass is 525 g/mol. The number of benzene rings is 1. The van der Waals surface area contributed by atoms with E-state index < -0.39 is 51.4 Å². The first-order chi connectivity index (χ1) is 15.9. The average Bonchev–Trinajstić information content (AvgIpc) is 3.14. The van der Waals surface area contributed by atoms with E-state index in [0.717, 1.165) is 0 Å². The maximum Gasteiger partial charge on any atom is 1.00 e. The van der Waals surface area contributed by atoms with Gasteiger partial charge >= 0.3 is 35.7 Å². The molecule has 14 heteroatoms. The van der Waals surface area contributed by atoms with Crippen LogP contribution in [0, 0.1) is 17.7 Å². The number of aliphatic hydroxyl groups excluding tert-OH is 1. The molecule has 0 aromatic heterocycles. The van der Waals surface area contributed by atoms with E-state index in [0.29, 0.717) is 18.5 Å². The Morgan fingerprint density at radius 2 is 2.00 bits per heavy atom. The van der Waals surface area contributed by atoms with Crippen LogP contribution in [0.25, 0.3) is 0 Å². The fourth-order valence-electron chi connectivity index (χ4n) is 3.57. The van der Waals surface area contributed by atoms with Gasteiger partial charge in [0.2, 0.25) is 11.8 Å². The fourth-order valence-corrected chi connectivity index (χ4v) is 4.15. The molecule has 0 bridgehead atoms. The number of alkyl carbamates (subject to hydrolysis) is 1. The van der Waals surface area contributed by atoms with Crippen molar-refractivity contribution >= 4 is 28.0 Å². The minimum absolute atomic E-state index is 0. The molecule has 2 unspecified atom stereocenters. The number of nitrogens with one attached hydrogen (secondary N) is 3. The standard InChI is InChI=1S/C21H30FN3O8S.Na/c1-12(2)8-16(25-21(29)33-11-13-4-3-5-15(22)9-13)19(27)24-17(20(28)34(30,31)32)10-14-6-7-23-18(14)26;/h3-5,9,12,14,16-17,20,28H,6-8,10-11H2,1-2H3,(H,23,26)(H,24,27)(H,25,29)(H,30,31,32);/q;+1/p-1/t14?,16-,17-,20?;/m0./s1. The molecule has 0 aliphatic carbocycles. The molecular weight excluding hydrogens is 496 g/mol. The van der Waals surface area contributed by atoms with E-state index in [1.54, 1.807) is 19.9 Å². The molecule has 11 nitrogen and oxygen atoms in total. The Labute approximate surface area is 225 Å². The molecule has 4 N–H and O–H groups in total. The molecule has 1 aromatic rings. The molecule has 1 saturated heterocycles. The van der Waals surface area contributed by atoms with Gasteiger partial charge in [-0.1, -0.05) is 26.0 Å². The van der Waals surface area contributed by atoms with Gasteiger partial charge < -0.3 is 30.3 Å². The quantitative estimate of drug-likeness (QED) is 0.179. The molecule has 0 saturated carbocycles. The molecule has 3 amide bonds. The van der Waals surface area contributed by atoms with Crippen LogP contribution < -0.4 is 45.5 Å². The van der Waals surface area contributed by atoms with Crippen molar-refractivity contribution in [3.05, 3.63) is 35.6 Å². The molecule has 1 aliphatic rings. The van der Waals surface area contributed by atoms with E-state index in [9.17, 15) is 36.9 Å². The van der Waals surface area contributed by atoms with Crippen LogP contribution in [0.2, 0.25) is 0 Å².